The molecule has 1 aliphatic heterocycles. The lowest BCUT2D eigenvalue weighted by Gasteiger charge is -2.32. The number of likely N-dealkylation sites (N-methyl/N-ethyl adjacent to an activating group) is 1. The van der Waals surface area contributed by atoms with Crippen LogP contribution in [-0.2, 0) is 19.0 Å². The monoisotopic (exact) mass is 536 g/mol. The van der Waals surface area contributed by atoms with E-state index in [0.29, 0.717) is 13.0 Å². The van der Waals surface area contributed by atoms with Crippen LogP contribution in [0.25, 0.3) is 0 Å². The predicted molar refractivity (Wildman–Crippen MR) is 155 cm³/mol. The Morgan fingerprint density at radius 3 is 2.11 bits per heavy atom. The van der Waals surface area contributed by atoms with Crippen molar-refractivity contribution in [3.63, 3.8) is 0 Å². The maximum Gasteiger partial charge on any atom is 0.508 e. The molecule has 0 aromatic rings. The molecule has 1 rings (SSSR count). The summed E-state index contributed by atoms with van der Waals surface area (Å²) in [5, 5.41) is 0. The lowest BCUT2D eigenvalue weighted by molar-refractivity contribution is -0.145. The maximum absolute atomic E-state index is 12.0. The highest BCUT2D eigenvalue weighted by Crippen LogP contribution is 2.09. The van der Waals surface area contributed by atoms with Gasteiger partial charge >= 0.3 is 12.1 Å². The first-order valence-corrected chi connectivity index (χ1v) is 15.2. The fraction of sp³-hybridized carbons (Fsp3) is 0.806. The second kappa shape index (κ2) is 24.2. The Morgan fingerprint density at radius 2 is 1.39 bits per heavy atom. The van der Waals surface area contributed by atoms with Crippen molar-refractivity contribution < 1.29 is 23.8 Å². The first-order valence-electron chi connectivity index (χ1n) is 15.2. The average molecular weight is 537 g/mol. The molecule has 1 fully saturated rings. The number of rotatable bonds is 22. The Morgan fingerprint density at radius 1 is 0.763 bits per heavy atom. The molecular formula is C31H56N2O5. The molecule has 0 aromatic heterocycles. The second-order valence-corrected chi connectivity index (χ2v) is 10.7. The smallest absolute Gasteiger partial charge is 0.465 e. The zero-order valence-electron chi connectivity index (χ0n) is 24.7. The molecule has 1 aliphatic rings. The van der Waals surface area contributed by atoms with Gasteiger partial charge in [-0.25, -0.2) is 4.79 Å². The van der Waals surface area contributed by atoms with Gasteiger partial charge in [0.2, 0.25) is 0 Å². The number of unbranched alkanes of at least 4 members (excludes halogenated alkanes) is 8. The largest absolute Gasteiger partial charge is 0.508 e. The van der Waals surface area contributed by atoms with E-state index in [1.165, 1.54) is 38.5 Å². The Labute approximate surface area is 232 Å². The summed E-state index contributed by atoms with van der Waals surface area (Å²) in [5.41, 5.74) is 0. The molecule has 0 saturated carbocycles. The third-order valence-electron chi connectivity index (χ3n) is 6.78. The number of carbonyl (C=O) groups excluding carboxylic acids is 2. The van der Waals surface area contributed by atoms with E-state index in [9.17, 15) is 9.59 Å². The summed E-state index contributed by atoms with van der Waals surface area (Å²) in [7, 11) is 2.14. The van der Waals surface area contributed by atoms with E-state index in [4.69, 9.17) is 14.2 Å². The number of ether oxygens (including phenoxy) is 3. The molecule has 0 amide bonds. The molecule has 0 radical (unpaired) electrons. The summed E-state index contributed by atoms with van der Waals surface area (Å²) in [6.07, 6.45) is 22.5. The van der Waals surface area contributed by atoms with Gasteiger partial charge in [0, 0.05) is 45.1 Å². The average Bonchev–Trinajstić information content (AvgIpc) is 2.92. The molecule has 1 saturated heterocycles. The molecule has 1 atom stereocenters. The van der Waals surface area contributed by atoms with Gasteiger partial charge in [0.25, 0.3) is 0 Å². The van der Waals surface area contributed by atoms with Gasteiger partial charge in [0.05, 0.1) is 13.2 Å². The summed E-state index contributed by atoms with van der Waals surface area (Å²) in [4.78, 5) is 28.4. The number of hydrogen-bond acceptors (Lipinski definition) is 7. The first-order chi connectivity index (χ1) is 18.5. The highest BCUT2D eigenvalue weighted by atomic mass is 16.7. The minimum Gasteiger partial charge on any atom is -0.465 e. The van der Waals surface area contributed by atoms with Crippen molar-refractivity contribution in [1.29, 1.82) is 0 Å². The van der Waals surface area contributed by atoms with E-state index >= 15 is 0 Å². The summed E-state index contributed by atoms with van der Waals surface area (Å²) in [6.45, 7) is 10.2. The number of piperazine rings is 1. The van der Waals surface area contributed by atoms with Crippen molar-refractivity contribution in [1.82, 2.24) is 9.80 Å². The van der Waals surface area contributed by atoms with Crippen molar-refractivity contribution in [2.45, 2.75) is 97.3 Å². The molecular weight excluding hydrogens is 480 g/mol. The standard InChI is InChI=1S/C31H56N2O5/c1-4-5-6-7-8-9-10-11-12-13-14-15-16-17-18-20-30(34)37-27-29(2)28-38-31(35)36-26-19-21-33-24-22-32(3)23-25-33/h8-9,11-12,29H,4-7,10,13-28H2,1-3H3/b9-8-,12-11-. The highest BCUT2D eigenvalue weighted by Gasteiger charge is 2.14. The molecule has 38 heavy (non-hydrogen) atoms. The minimum atomic E-state index is -0.647. The minimum absolute atomic E-state index is 0.0542. The number of esters is 1. The van der Waals surface area contributed by atoms with Crippen LogP contribution in [-0.4, -0.2) is 81.5 Å². The summed E-state index contributed by atoms with van der Waals surface area (Å²) >= 11 is 0. The topological polar surface area (TPSA) is 68.3 Å². The molecule has 7 heteroatoms. The van der Waals surface area contributed by atoms with Crippen molar-refractivity contribution >= 4 is 12.1 Å². The summed E-state index contributed by atoms with van der Waals surface area (Å²) in [5.74, 6) is -0.226. The Kier molecular flexibility index (Phi) is 21.8. The first kappa shape index (κ1) is 34.2. The number of nitrogens with zero attached hydrogens (tertiary/aromatic N) is 2. The van der Waals surface area contributed by atoms with E-state index in [0.717, 1.165) is 71.2 Å². The Balaban J connectivity index is 1.88. The van der Waals surface area contributed by atoms with Crippen molar-refractivity contribution in [2.75, 3.05) is 59.6 Å². The lowest BCUT2D eigenvalue weighted by atomic mass is 10.1. The van der Waals surface area contributed by atoms with E-state index in [1.807, 2.05) is 6.92 Å². The molecule has 1 unspecified atom stereocenters. The number of hydrogen-bond donors (Lipinski definition) is 0. The van der Waals surface area contributed by atoms with Gasteiger partial charge < -0.3 is 24.0 Å². The van der Waals surface area contributed by atoms with E-state index in [-0.39, 0.29) is 25.1 Å². The van der Waals surface area contributed by atoms with Gasteiger partial charge in [-0.2, -0.15) is 0 Å². The van der Waals surface area contributed by atoms with Gasteiger partial charge in [-0.05, 0) is 52.0 Å². The number of allylic oxidation sites excluding steroid dienone is 4. The van der Waals surface area contributed by atoms with E-state index in [2.05, 4.69) is 48.1 Å². The normalized spacial score (nSPS) is 15.8. The van der Waals surface area contributed by atoms with Crippen molar-refractivity contribution in [3.8, 4) is 0 Å². The van der Waals surface area contributed by atoms with Crippen LogP contribution in [0.3, 0.4) is 0 Å². The molecule has 1 heterocycles. The van der Waals surface area contributed by atoms with Gasteiger partial charge in [0.15, 0.2) is 0 Å². The predicted octanol–water partition coefficient (Wildman–Crippen LogP) is 6.77. The molecule has 7 nitrogen and oxygen atoms in total. The third-order valence-corrected chi connectivity index (χ3v) is 6.78. The Hall–Kier alpha value is -1.86. The third kappa shape index (κ3) is 21.1. The molecule has 0 bridgehead atoms. The van der Waals surface area contributed by atoms with Crippen LogP contribution in [0.1, 0.15) is 97.3 Å². The summed E-state index contributed by atoms with van der Waals surface area (Å²) in [6, 6.07) is 0. The number of carbonyl (C=O) groups is 2. The fourth-order valence-corrected chi connectivity index (χ4v) is 4.20. The van der Waals surface area contributed by atoms with E-state index in [1.54, 1.807) is 0 Å². The molecule has 0 N–H and O–H groups in total. The van der Waals surface area contributed by atoms with Crippen LogP contribution in [0.2, 0.25) is 0 Å². The van der Waals surface area contributed by atoms with Gasteiger partial charge in [-0.3, -0.25) is 4.79 Å². The van der Waals surface area contributed by atoms with Gasteiger partial charge in [0.1, 0.15) is 6.61 Å². The SMILES string of the molecule is CCCCC/C=C\C/C=C\CCCCCCCC(=O)OCC(C)COC(=O)OCCCN1CCN(C)CC1. The summed E-state index contributed by atoms with van der Waals surface area (Å²) < 4.78 is 15.6. The van der Waals surface area contributed by atoms with Gasteiger partial charge in [-0.1, -0.05) is 70.3 Å². The maximum atomic E-state index is 12.0. The fourth-order valence-electron chi connectivity index (χ4n) is 4.20. The second-order valence-electron chi connectivity index (χ2n) is 10.7. The zero-order valence-corrected chi connectivity index (χ0v) is 24.7. The molecule has 220 valence electrons. The van der Waals surface area contributed by atoms with Gasteiger partial charge in [-0.15, -0.1) is 0 Å². The van der Waals surface area contributed by atoms with Crippen LogP contribution in [0.4, 0.5) is 4.79 Å². The zero-order chi connectivity index (χ0) is 27.7. The lowest BCUT2D eigenvalue weighted by Crippen LogP contribution is -2.44. The van der Waals surface area contributed by atoms with Crippen LogP contribution in [0.5, 0.6) is 0 Å². The van der Waals surface area contributed by atoms with Crippen LogP contribution in [0.15, 0.2) is 24.3 Å². The van der Waals surface area contributed by atoms with Crippen LogP contribution < -0.4 is 0 Å². The van der Waals surface area contributed by atoms with Crippen molar-refractivity contribution in [2.24, 2.45) is 5.92 Å². The van der Waals surface area contributed by atoms with Crippen LogP contribution in [0, 0.1) is 5.92 Å². The van der Waals surface area contributed by atoms with Crippen molar-refractivity contribution in [3.05, 3.63) is 24.3 Å². The quantitative estimate of drug-likeness (QED) is 0.0859. The molecule has 0 aliphatic carbocycles. The molecule has 0 spiro atoms. The van der Waals surface area contributed by atoms with E-state index < -0.39 is 6.16 Å². The highest BCUT2D eigenvalue weighted by molar-refractivity contribution is 5.69. The Bertz CT molecular complexity index is 644. The van der Waals surface area contributed by atoms with Crippen LogP contribution >= 0.6 is 0 Å². The molecule has 0 aromatic carbocycles.